The molecule has 1 aromatic carbocycles. The third-order valence-corrected chi connectivity index (χ3v) is 4.54. The Balaban J connectivity index is 1.89. The van der Waals surface area contributed by atoms with Crippen LogP contribution in [0.1, 0.15) is 45.1 Å². The van der Waals surface area contributed by atoms with Crippen molar-refractivity contribution in [3.8, 4) is 0 Å². The summed E-state index contributed by atoms with van der Waals surface area (Å²) in [5.74, 6) is 1.33. The van der Waals surface area contributed by atoms with Crippen molar-refractivity contribution < 1.29 is 4.74 Å². The van der Waals surface area contributed by atoms with Crippen molar-refractivity contribution >= 4 is 5.96 Å². The number of aliphatic imine (C=N–C) groups is 1. The molecule has 2 N–H and O–H groups in total. The van der Waals surface area contributed by atoms with Crippen LogP contribution in [-0.4, -0.2) is 38.3 Å². The van der Waals surface area contributed by atoms with E-state index in [1.165, 1.54) is 11.1 Å². The molecule has 4 heteroatoms. The Morgan fingerprint density at radius 3 is 2.71 bits per heavy atom. The van der Waals surface area contributed by atoms with E-state index in [1.54, 1.807) is 0 Å². The Labute approximate surface area is 146 Å². The molecule has 0 fully saturated rings. The molecular formula is C20H31N3O. The maximum atomic E-state index is 5.35. The van der Waals surface area contributed by atoms with Crippen molar-refractivity contribution in [1.29, 1.82) is 0 Å². The van der Waals surface area contributed by atoms with E-state index in [1.807, 2.05) is 0 Å². The predicted octanol–water partition coefficient (Wildman–Crippen LogP) is 3.47. The summed E-state index contributed by atoms with van der Waals surface area (Å²) in [5, 5.41) is 6.90. The van der Waals surface area contributed by atoms with E-state index in [2.05, 4.69) is 67.8 Å². The topological polar surface area (TPSA) is 45.7 Å². The second-order valence-electron chi connectivity index (χ2n) is 6.33. The molecular weight excluding hydrogens is 298 g/mol. The average Bonchev–Trinajstić information content (AvgIpc) is 2.63. The van der Waals surface area contributed by atoms with Crippen molar-refractivity contribution in [3.05, 3.63) is 47.5 Å². The highest BCUT2D eigenvalue weighted by Gasteiger charge is 2.15. The van der Waals surface area contributed by atoms with E-state index in [-0.39, 0.29) is 0 Å². The van der Waals surface area contributed by atoms with Crippen LogP contribution in [0.5, 0.6) is 0 Å². The summed E-state index contributed by atoms with van der Waals surface area (Å²) in [4.78, 5) is 4.74. The van der Waals surface area contributed by atoms with E-state index in [0.29, 0.717) is 12.0 Å². The van der Waals surface area contributed by atoms with Gasteiger partial charge in [0.2, 0.25) is 0 Å². The van der Waals surface area contributed by atoms with Gasteiger partial charge in [-0.3, -0.25) is 4.99 Å². The van der Waals surface area contributed by atoms with Crippen LogP contribution >= 0.6 is 0 Å². The van der Waals surface area contributed by atoms with Gasteiger partial charge in [0, 0.05) is 25.0 Å². The van der Waals surface area contributed by atoms with Gasteiger partial charge < -0.3 is 15.4 Å². The Bertz CT molecular complexity index is 539. The van der Waals surface area contributed by atoms with Crippen LogP contribution in [0.15, 0.2) is 47.0 Å². The normalized spacial score (nSPS) is 17.8. The first kappa shape index (κ1) is 18.5. The Kier molecular flexibility index (Phi) is 7.83. The van der Waals surface area contributed by atoms with Gasteiger partial charge >= 0.3 is 0 Å². The standard InChI is InChI=1S/C20H31N3O/c1-4-21-20(22-13-10-18-11-14-24-15-12-18)23-17(3)16(2)19-8-6-5-7-9-19/h5-9,11,16-17H,4,10,12-15H2,1-3H3,(H2,21,22,23). The second kappa shape index (κ2) is 10.1. The number of nitrogens with one attached hydrogen (secondary N) is 2. The summed E-state index contributed by atoms with van der Waals surface area (Å²) in [6.45, 7) is 9.85. The molecule has 4 nitrogen and oxygen atoms in total. The van der Waals surface area contributed by atoms with Gasteiger partial charge in [0.05, 0.1) is 13.2 Å². The smallest absolute Gasteiger partial charge is 0.191 e. The van der Waals surface area contributed by atoms with Crippen LogP contribution in [0.2, 0.25) is 0 Å². The lowest BCUT2D eigenvalue weighted by Gasteiger charge is -2.24. The lowest BCUT2D eigenvalue weighted by Crippen LogP contribution is -2.44. The largest absolute Gasteiger partial charge is 0.377 e. The summed E-state index contributed by atoms with van der Waals surface area (Å²) in [6, 6.07) is 10.9. The predicted molar refractivity (Wildman–Crippen MR) is 102 cm³/mol. The van der Waals surface area contributed by atoms with Crippen molar-refractivity contribution in [3.63, 3.8) is 0 Å². The molecule has 2 atom stereocenters. The van der Waals surface area contributed by atoms with Crippen LogP contribution in [0, 0.1) is 0 Å². The fraction of sp³-hybridized carbons (Fsp3) is 0.550. The second-order valence-corrected chi connectivity index (χ2v) is 6.33. The molecule has 24 heavy (non-hydrogen) atoms. The van der Waals surface area contributed by atoms with Crippen molar-refractivity contribution in [2.24, 2.45) is 4.99 Å². The number of nitrogens with zero attached hydrogens (tertiary/aromatic N) is 1. The van der Waals surface area contributed by atoms with E-state index >= 15 is 0 Å². The Morgan fingerprint density at radius 2 is 2.04 bits per heavy atom. The van der Waals surface area contributed by atoms with E-state index in [0.717, 1.165) is 45.1 Å². The molecule has 1 aromatic rings. The summed E-state index contributed by atoms with van der Waals surface area (Å²) >= 11 is 0. The van der Waals surface area contributed by atoms with Crippen LogP contribution in [0.4, 0.5) is 0 Å². The highest BCUT2D eigenvalue weighted by molar-refractivity contribution is 5.80. The van der Waals surface area contributed by atoms with E-state index in [9.17, 15) is 0 Å². The minimum Gasteiger partial charge on any atom is -0.377 e. The van der Waals surface area contributed by atoms with Gasteiger partial charge in [0.1, 0.15) is 0 Å². The SMILES string of the molecule is CCNC(=NCCC1=CCOCC1)NC(C)C(C)c1ccccc1. The van der Waals surface area contributed by atoms with Crippen molar-refractivity contribution in [1.82, 2.24) is 10.6 Å². The maximum absolute atomic E-state index is 5.35. The van der Waals surface area contributed by atoms with Gasteiger partial charge in [-0.05, 0) is 32.3 Å². The zero-order valence-electron chi connectivity index (χ0n) is 15.2. The summed E-state index contributed by atoms with van der Waals surface area (Å²) < 4.78 is 5.35. The summed E-state index contributed by atoms with van der Waals surface area (Å²) in [7, 11) is 0. The molecule has 0 aromatic heterocycles. The fourth-order valence-electron chi connectivity index (χ4n) is 2.81. The maximum Gasteiger partial charge on any atom is 0.191 e. The molecule has 0 saturated heterocycles. The van der Waals surface area contributed by atoms with Gasteiger partial charge in [-0.15, -0.1) is 0 Å². The zero-order chi connectivity index (χ0) is 17.2. The number of ether oxygens (including phenoxy) is 1. The number of hydrogen-bond donors (Lipinski definition) is 2. The van der Waals surface area contributed by atoms with Crippen molar-refractivity contribution in [2.45, 2.75) is 45.6 Å². The van der Waals surface area contributed by atoms with Crippen LogP contribution in [0.25, 0.3) is 0 Å². The first-order chi connectivity index (χ1) is 11.7. The lowest BCUT2D eigenvalue weighted by molar-refractivity contribution is 0.153. The van der Waals surface area contributed by atoms with E-state index < -0.39 is 0 Å². The van der Waals surface area contributed by atoms with E-state index in [4.69, 9.17) is 9.73 Å². The van der Waals surface area contributed by atoms with Crippen LogP contribution in [-0.2, 0) is 4.74 Å². The molecule has 0 radical (unpaired) electrons. The molecule has 2 unspecified atom stereocenters. The first-order valence-electron chi connectivity index (χ1n) is 9.06. The molecule has 0 aliphatic carbocycles. The van der Waals surface area contributed by atoms with Gasteiger partial charge in [-0.25, -0.2) is 0 Å². The molecule has 0 amide bonds. The molecule has 1 heterocycles. The Hall–Kier alpha value is -1.81. The van der Waals surface area contributed by atoms with Gasteiger partial charge in [-0.2, -0.15) is 0 Å². The molecule has 132 valence electrons. The molecule has 0 spiro atoms. The van der Waals surface area contributed by atoms with Crippen LogP contribution in [0.3, 0.4) is 0 Å². The number of guanidine groups is 1. The molecule has 1 aliphatic rings. The third-order valence-electron chi connectivity index (χ3n) is 4.54. The lowest BCUT2D eigenvalue weighted by atomic mass is 9.94. The quantitative estimate of drug-likeness (QED) is 0.457. The number of hydrogen-bond acceptors (Lipinski definition) is 2. The molecule has 1 aliphatic heterocycles. The summed E-state index contributed by atoms with van der Waals surface area (Å²) in [6.07, 6.45) is 4.25. The Morgan fingerprint density at radius 1 is 1.25 bits per heavy atom. The molecule has 0 bridgehead atoms. The third kappa shape index (κ3) is 6.00. The van der Waals surface area contributed by atoms with Gasteiger partial charge in [-0.1, -0.05) is 48.9 Å². The van der Waals surface area contributed by atoms with Gasteiger partial charge in [0.25, 0.3) is 0 Å². The highest BCUT2D eigenvalue weighted by Crippen LogP contribution is 2.18. The van der Waals surface area contributed by atoms with Crippen LogP contribution < -0.4 is 10.6 Å². The average molecular weight is 329 g/mol. The number of benzene rings is 1. The molecule has 0 saturated carbocycles. The minimum absolute atomic E-state index is 0.312. The van der Waals surface area contributed by atoms with Gasteiger partial charge in [0.15, 0.2) is 5.96 Å². The highest BCUT2D eigenvalue weighted by atomic mass is 16.5. The zero-order valence-corrected chi connectivity index (χ0v) is 15.2. The first-order valence-corrected chi connectivity index (χ1v) is 9.06. The van der Waals surface area contributed by atoms with Crippen molar-refractivity contribution in [2.75, 3.05) is 26.3 Å². The number of rotatable bonds is 7. The monoisotopic (exact) mass is 329 g/mol. The fourth-order valence-corrected chi connectivity index (χ4v) is 2.81. The molecule has 2 rings (SSSR count). The minimum atomic E-state index is 0.312. The summed E-state index contributed by atoms with van der Waals surface area (Å²) in [5.41, 5.74) is 2.81.